The Morgan fingerprint density at radius 3 is 2.19 bits per heavy atom. The lowest BCUT2D eigenvalue weighted by Gasteiger charge is -2.20. The van der Waals surface area contributed by atoms with Crippen LogP contribution in [-0.2, 0) is 19.8 Å². The highest BCUT2D eigenvalue weighted by Gasteiger charge is 2.31. The van der Waals surface area contributed by atoms with Crippen molar-refractivity contribution in [2.75, 3.05) is 29.6 Å². The van der Waals surface area contributed by atoms with Crippen molar-refractivity contribution in [2.45, 2.75) is 18.7 Å². The lowest BCUT2D eigenvalue weighted by molar-refractivity contribution is -0.227. The Morgan fingerprint density at radius 1 is 1.06 bits per heavy atom. The van der Waals surface area contributed by atoms with E-state index >= 15 is 0 Å². The van der Waals surface area contributed by atoms with Crippen LogP contribution in [0.25, 0.3) is 6.08 Å². The summed E-state index contributed by atoms with van der Waals surface area (Å²) in [5.74, 6) is -0.459. The van der Waals surface area contributed by atoms with E-state index < -0.39 is 16.0 Å². The summed E-state index contributed by atoms with van der Waals surface area (Å²) in [5, 5.41) is 14.2. The van der Waals surface area contributed by atoms with E-state index in [9.17, 15) is 13.2 Å². The van der Waals surface area contributed by atoms with Crippen molar-refractivity contribution in [3.8, 4) is 0 Å². The maximum atomic E-state index is 13.0. The molecule has 1 aliphatic heterocycles. The standard InChI is InChI=1S/C21H23N3O6S/c1-3-23(4-2)16-7-5-15(6-8-16)13-19-20(14-30-26)22-24(21(19)25)17-9-11-18(12-10-17)31(27,28)29/h5-13,26H,3-4,14H2,1-2H3,(H,27,28,29). The number of nitrogens with zero attached hydrogens (tertiary/aromatic N) is 3. The first kappa shape index (κ1) is 22.6. The number of rotatable bonds is 8. The molecule has 0 saturated carbocycles. The molecule has 1 heterocycles. The average Bonchev–Trinajstić information content (AvgIpc) is 3.05. The Bertz CT molecular complexity index is 1100. The zero-order valence-corrected chi connectivity index (χ0v) is 17.9. The van der Waals surface area contributed by atoms with Crippen LogP contribution in [0, 0.1) is 0 Å². The van der Waals surface area contributed by atoms with Crippen molar-refractivity contribution in [3.63, 3.8) is 0 Å². The number of benzene rings is 2. The zero-order valence-electron chi connectivity index (χ0n) is 17.1. The molecule has 0 aromatic heterocycles. The highest BCUT2D eigenvalue weighted by molar-refractivity contribution is 7.85. The number of carbonyl (C=O) groups excluding carboxylic acids is 1. The van der Waals surface area contributed by atoms with Gasteiger partial charge in [0.2, 0.25) is 0 Å². The van der Waals surface area contributed by atoms with E-state index in [1.807, 2.05) is 24.3 Å². The predicted octanol–water partition coefficient (Wildman–Crippen LogP) is 3.06. The van der Waals surface area contributed by atoms with E-state index in [1.54, 1.807) is 6.08 Å². The monoisotopic (exact) mass is 445 g/mol. The summed E-state index contributed by atoms with van der Waals surface area (Å²) >= 11 is 0. The van der Waals surface area contributed by atoms with Gasteiger partial charge in [-0.1, -0.05) is 12.1 Å². The summed E-state index contributed by atoms with van der Waals surface area (Å²) < 4.78 is 31.5. The Kier molecular flexibility index (Phi) is 6.86. The molecule has 1 amide bonds. The van der Waals surface area contributed by atoms with Gasteiger partial charge in [0, 0.05) is 18.8 Å². The molecule has 0 radical (unpaired) electrons. The smallest absolute Gasteiger partial charge is 0.294 e. The van der Waals surface area contributed by atoms with Gasteiger partial charge in [-0.25, -0.2) is 4.89 Å². The van der Waals surface area contributed by atoms with Crippen molar-refractivity contribution in [1.82, 2.24) is 0 Å². The summed E-state index contributed by atoms with van der Waals surface area (Å²) in [5.41, 5.74) is 2.60. The van der Waals surface area contributed by atoms with Crippen LogP contribution in [-0.4, -0.2) is 49.5 Å². The Hall–Kier alpha value is -3.05. The van der Waals surface area contributed by atoms with Crippen molar-refractivity contribution in [1.29, 1.82) is 0 Å². The van der Waals surface area contributed by atoms with Crippen LogP contribution in [0.2, 0.25) is 0 Å². The molecule has 0 aliphatic carbocycles. The van der Waals surface area contributed by atoms with Gasteiger partial charge in [-0.3, -0.25) is 14.6 Å². The number of hydrogen-bond acceptors (Lipinski definition) is 7. The summed E-state index contributed by atoms with van der Waals surface area (Å²) in [6.07, 6.45) is 1.65. The largest absolute Gasteiger partial charge is 0.372 e. The normalized spacial score (nSPS) is 15.5. The maximum absolute atomic E-state index is 13.0. The molecule has 0 saturated heterocycles. The molecule has 3 rings (SSSR count). The van der Waals surface area contributed by atoms with E-state index in [2.05, 4.69) is 28.7 Å². The fourth-order valence-electron chi connectivity index (χ4n) is 3.24. The summed E-state index contributed by atoms with van der Waals surface area (Å²) in [6.45, 7) is 5.61. The van der Waals surface area contributed by atoms with E-state index in [-0.39, 0.29) is 22.8 Å². The molecular weight excluding hydrogens is 422 g/mol. The molecule has 1 aliphatic rings. The quantitative estimate of drug-likeness (QED) is 0.277. The summed E-state index contributed by atoms with van der Waals surface area (Å²) in [7, 11) is -4.35. The third kappa shape index (κ3) is 5.00. The van der Waals surface area contributed by atoms with E-state index in [0.29, 0.717) is 5.69 Å². The minimum atomic E-state index is -4.35. The molecule has 10 heteroatoms. The third-order valence-corrected chi connectivity index (χ3v) is 5.74. The van der Waals surface area contributed by atoms with Gasteiger partial charge in [0.1, 0.15) is 12.3 Å². The molecule has 2 aromatic rings. The van der Waals surface area contributed by atoms with Gasteiger partial charge in [0.25, 0.3) is 16.0 Å². The van der Waals surface area contributed by atoms with Gasteiger partial charge >= 0.3 is 0 Å². The second-order valence-electron chi connectivity index (χ2n) is 6.73. The van der Waals surface area contributed by atoms with Gasteiger partial charge < -0.3 is 4.90 Å². The van der Waals surface area contributed by atoms with Crippen molar-refractivity contribution in [2.24, 2.45) is 5.10 Å². The van der Waals surface area contributed by atoms with Crippen LogP contribution in [0.4, 0.5) is 11.4 Å². The molecule has 9 nitrogen and oxygen atoms in total. The highest BCUT2D eigenvalue weighted by atomic mass is 32.2. The van der Waals surface area contributed by atoms with Crippen LogP contribution >= 0.6 is 0 Å². The Labute approximate surface area is 180 Å². The number of hydrazone groups is 1. The van der Waals surface area contributed by atoms with Crippen molar-refractivity contribution in [3.05, 3.63) is 59.7 Å². The summed E-state index contributed by atoms with van der Waals surface area (Å²) in [4.78, 5) is 19.1. The van der Waals surface area contributed by atoms with Gasteiger partial charge in [0.05, 0.1) is 16.2 Å². The molecule has 31 heavy (non-hydrogen) atoms. The van der Waals surface area contributed by atoms with Crippen LogP contribution in [0.3, 0.4) is 0 Å². The molecule has 164 valence electrons. The van der Waals surface area contributed by atoms with Crippen molar-refractivity contribution < 1.29 is 27.9 Å². The first-order chi connectivity index (χ1) is 14.8. The summed E-state index contributed by atoms with van der Waals surface area (Å²) in [6, 6.07) is 12.7. The lowest BCUT2D eigenvalue weighted by Crippen LogP contribution is -2.22. The minimum absolute atomic E-state index is 0.221. The number of hydrogen-bond donors (Lipinski definition) is 2. The zero-order chi connectivity index (χ0) is 22.6. The molecule has 2 aromatic carbocycles. The Balaban J connectivity index is 1.91. The van der Waals surface area contributed by atoms with Gasteiger partial charge in [-0.2, -0.15) is 18.5 Å². The van der Waals surface area contributed by atoms with Gasteiger partial charge in [-0.15, -0.1) is 0 Å². The molecule has 0 atom stereocenters. The fraction of sp³-hybridized carbons (Fsp3) is 0.238. The molecule has 0 bridgehead atoms. The van der Waals surface area contributed by atoms with Crippen LogP contribution < -0.4 is 9.91 Å². The topological polar surface area (TPSA) is 120 Å². The molecular formula is C21H23N3O6S. The molecule has 0 fully saturated rings. The SMILES string of the molecule is CCN(CC)c1ccc(C=C2C(=O)N(c3ccc(S(=O)(=O)O)cc3)N=C2COO)cc1. The predicted molar refractivity (Wildman–Crippen MR) is 118 cm³/mol. The lowest BCUT2D eigenvalue weighted by atomic mass is 10.1. The first-order valence-electron chi connectivity index (χ1n) is 9.61. The van der Waals surface area contributed by atoms with Crippen LogP contribution in [0.5, 0.6) is 0 Å². The van der Waals surface area contributed by atoms with E-state index in [0.717, 1.165) is 29.3 Å². The van der Waals surface area contributed by atoms with E-state index in [1.165, 1.54) is 24.3 Å². The van der Waals surface area contributed by atoms with Gasteiger partial charge in [-0.05, 0) is 61.9 Å². The van der Waals surface area contributed by atoms with E-state index in [4.69, 9.17) is 9.81 Å². The molecule has 0 spiro atoms. The van der Waals surface area contributed by atoms with Crippen molar-refractivity contribution >= 4 is 39.2 Å². The number of anilines is 2. The first-order valence-corrected chi connectivity index (χ1v) is 11.1. The average molecular weight is 445 g/mol. The number of amides is 1. The van der Waals surface area contributed by atoms with Gasteiger partial charge in [0.15, 0.2) is 0 Å². The molecule has 0 unspecified atom stereocenters. The van der Waals surface area contributed by atoms with Crippen LogP contribution in [0.1, 0.15) is 19.4 Å². The highest BCUT2D eigenvalue weighted by Crippen LogP contribution is 2.27. The second kappa shape index (κ2) is 9.40. The Morgan fingerprint density at radius 2 is 1.68 bits per heavy atom. The minimum Gasteiger partial charge on any atom is -0.372 e. The van der Waals surface area contributed by atoms with Crippen LogP contribution in [0.15, 0.2) is 64.1 Å². The number of carbonyl (C=O) groups is 1. The fourth-order valence-corrected chi connectivity index (χ4v) is 3.72. The molecule has 2 N–H and O–H groups in total. The second-order valence-corrected chi connectivity index (χ2v) is 8.15. The maximum Gasteiger partial charge on any atom is 0.294 e. The third-order valence-electron chi connectivity index (χ3n) is 4.87.